The van der Waals surface area contributed by atoms with Crippen molar-refractivity contribution >= 4 is 23.2 Å². The lowest BCUT2D eigenvalue weighted by molar-refractivity contribution is 0.101. The number of para-hydroxylation sites is 1. The Morgan fingerprint density at radius 3 is 2.35 bits per heavy atom. The lowest BCUT2D eigenvalue weighted by Gasteiger charge is -2.11. The van der Waals surface area contributed by atoms with Crippen LogP contribution in [0.25, 0.3) is 5.69 Å². The molecule has 0 fully saturated rings. The van der Waals surface area contributed by atoms with Crippen LogP contribution in [0.3, 0.4) is 0 Å². The predicted molar refractivity (Wildman–Crippen MR) is 99.2 cm³/mol. The third-order valence-electron chi connectivity index (χ3n) is 3.69. The van der Waals surface area contributed by atoms with E-state index >= 15 is 0 Å². The first-order chi connectivity index (χ1) is 12.5. The predicted octanol–water partition coefficient (Wildman–Crippen LogP) is 2.32. The zero-order valence-corrected chi connectivity index (χ0v) is 14.6. The first-order valence-corrected chi connectivity index (χ1v) is 8.25. The molecule has 3 aromatic rings. The highest BCUT2D eigenvalue weighted by Crippen LogP contribution is 2.11. The van der Waals surface area contributed by atoms with Gasteiger partial charge in [-0.2, -0.15) is 9.78 Å². The maximum Gasteiger partial charge on any atom is 0.352 e. The average Bonchev–Trinajstić information content (AvgIpc) is 2.64. The summed E-state index contributed by atoms with van der Waals surface area (Å²) in [5.41, 5.74) is -0.821. The second-order valence-corrected chi connectivity index (χ2v) is 5.83. The number of benzene rings is 2. The Kier molecular flexibility index (Phi) is 4.99. The smallest absolute Gasteiger partial charge is 0.320 e. The number of nitrogens with zero attached hydrogens (tertiary/aromatic N) is 3. The summed E-state index contributed by atoms with van der Waals surface area (Å²) in [6.07, 6.45) is 0. The minimum absolute atomic E-state index is 0.111. The molecule has 1 heterocycles. The number of hydrogen-bond donors (Lipinski definition) is 1. The summed E-state index contributed by atoms with van der Waals surface area (Å²) in [5.74, 6) is -0.689. The summed E-state index contributed by atoms with van der Waals surface area (Å²) >= 11 is 5.87. The van der Waals surface area contributed by atoms with E-state index < -0.39 is 17.2 Å². The number of rotatable bonds is 4. The van der Waals surface area contributed by atoms with E-state index in [-0.39, 0.29) is 12.2 Å². The van der Waals surface area contributed by atoms with Crippen LogP contribution in [0, 0.1) is 0 Å². The molecule has 132 valence electrons. The monoisotopic (exact) mass is 370 g/mol. The summed E-state index contributed by atoms with van der Waals surface area (Å²) in [6.45, 7) is 1.76. The van der Waals surface area contributed by atoms with Gasteiger partial charge in [0, 0.05) is 17.3 Å². The van der Waals surface area contributed by atoms with Crippen LogP contribution >= 0.6 is 11.6 Å². The second kappa shape index (κ2) is 7.37. The fourth-order valence-corrected chi connectivity index (χ4v) is 2.52. The van der Waals surface area contributed by atoms with Gasteiger partial charge >= 0.3 is 5.69 Å². The second-order valence-electron chi connectivity index (χ2n) is 5.39. The SMILES string of the molecule is CCn1c(=O)c(C(=O)Nc2ccccc2)nn(-c2ccc(Cl)cc2)c1=O. The van der Waals surface area contributed by atoms with Crippen LogP contribution in [0.2, 0.25) is 5.02 Å². The van der Waals surface area contributed by atoms with Crippen molar-refractivity contribution in [3.8, 4) is 5.69 Å². The zero-order valence-electron chi connectivity index (χ0n) is 13.8. The summed E-state index contributed by atoms with van der Waals surface area (Å²) in [7, 11) is 0. The van der Waals surface area contributed by atoms with Gasteiger partial charge in [-0.25, -0.2) is 4.79 Å². The molecule has 0 unspecified atom stereocenters. The number of carbonyl (C=O) groups excluding carboxylic acids is 1. The Balaban J connectivity index is 2.12. The molecule has 0 saturated heterocycles. The Labute approximate surface area is 153 Å². The van der Waals surface area contributed by atoms with Gasteiger partial charge < -0.3 is 5.32 Å². The molecule has 0 radical (unpaired) electrons. The normalized spacial score (nSPS) is 10.5. The van der Waals surface area contributed by atoms with Crippen molar-refractivity contribution in [2.24, 2.45) is 0 Å². The molecule has 1 N–H and O–H groups in total. The summed E-state index contributed by atoms with van der Waals surface area (Å²) in [6, 6.07) is 15.0. The van der Waals surface area contributed by atoms with Gasteiger partial charge in [0.1, 0.15) is 0 Å². The van der Waals surface area contributed by atoms with Crippen molar-refractivity contribution in [1.82, 2.24) is 14.3 Å². The van der Waals surface area contributed by atoms with Crippen LogP contribution in [0.1, 0.15) is 17.4 Å². The van der Waals surface area contributed by atoms with Crippen LogP contribution in [-0.4, -0.2) is 20.3 Å². The molecule has 26 heavy (non-hydrogen) atoms. The molecule has 1 amide bonds. The molecule has 0 bridgehead atoms. The number of aromatic nitrogens is 3. The van der Waals surface area contributed by atoms with Crippen LogP contribution in [0.5, 0.6) is 0 Å². The van der Waals surface area contributed by atoms with E-state index in [1.807, 2.05) is 0 Å². The topological polar surface area (TPSA) is 86.0 Å². The van der Waals surface area contributed by atoms with E-state index in [0.29, 0.717) is 16.4 Å². The number of halogens is 1. The Bertz CT molecular complexity index is 1060. The van der Waals surface area contributed by atoms with Crippen LogP contribution in [-0.2, 0) is 6.54 Å². The van der Waals surface area contributed by atoms with Gasteiger partial charge in [0.15, 0.2) is 0 Å². The molecular weight excluding hydrogens is 356 g/mol. The fraction of sp³-hybridized carbons (Fsp3) is 0.111. The summed E-state index contributed by atoms with van der Waals surface area (Å²) < 4.78 is 1.97. The fourth-order valence-electron chi connectivity index (χ4n) is 2.40. The Morgan fingerprint density at radius 2 is 1.73 bits per heavy atom. The molecule has 3 rings (SSSR count). The lowest BCUT2D eigenvalue weighted by atomic mass is 10.3. The van der Waals surface area contributed by atoms with Gasteiger partial charge in [-0.3, -0.25) is 14.2 Å². The maximum atomic E-state index is 12.5. The molecular formula is C18H15ClN4O3. The quantitative estimate of drug-likeness (QED) is 0.763. The number of hydrogen-bond acceptors (Lipinski definition) is 4. The van der Waals surface area contributed by atoms with Crippen molar-refractivity contribution in [3.05, 3.63) is 86.2 Å². The Hall–Kier alpha value is -3.19. The number of amides is 1. The van der Waals surface area contributed by atoms with Gasteiger partial charge in [-0.15, -0.1) is 0 Å². The molecule has 2 aromatic carbocycles. The number of nitrogens with one attached hydrogen (secondary N) is 1. The third kappa shape index (κ3) is 3.43. The highest BCUT2D eigenvalue weighted by molar-refractivity contribution is 6.30. The highest BCUT2D eigenvalue weighted by Gasteiger charge is 2.19. The molecule has 0 spiro atoms. The zero-order chi connectivity index (χ0) is 18.7. The van der Waals surface area contributed by atoms with Crippen LogP contribution < -0.4 is 16.6 Å². The van der Waals surface area contributed by atoms with E-state index in [1.54, 1.807) is 61.5 Å². The van der Waals surface area contributed by atoms with E-state index in [0.717, 1.165) is 9.25 Å². The molecule has 0 atom stereocenters. The van der Waals surface area contributed by atoms with Gasteiger partial charge in [0.05, 0.1) is 5.69 Å². The maximum absolute atomic E-state index is 12.5. The van der Waals surface area contributed by atoms with Crippen molar-refractivity contribution in [1.29, 1.82) is 0 Å². The summed E-state index contributed by atoms with van der Waals surface area (Å²) in [5, 5.41) is 7.09. The van der Waals surface area contributed by atoms with Gasteiger partial charge in [0.25, 0.3) is 11.5 Å². The van der Waals surface area contributed by atoms with Crippen molar-refractivity contribution in [2.75, 3.05) is 5.32 Å². The highest BCUT2D eigenvalue weighted by atomic mass is 35.5. The first kappa shape index (κ1) is 17.6. The molecule has 0 aliphatic heterocycles. The van der Waals surface area contributed by atoms with Crippen molar-refractivity contribution in [2.45, 2.75) is 13.5 Å². The van der Waals surface area contributed by atoms with Crippen molar-refractivity contribution in [3.63, 3.8) is 0 Å². The van der Waals surface area contributed by atoms with Crippen LogP contribution in [0.4, 0.5) is 5.69 Å². The van der Waals surface area contributed by atoms with E-state index in [1.165, 1.54) is 0 Å². The van der Waals surface area contributed by atoms with E-state index in [2.05, 4.69) is 10.4 Å². The lowest BCUT2D eigenvalue weighted by Crippen LogP contribution is -2.44. The molecule has 0 saturated carbocycles. The Morgan fingerprint density at radius 1 is 1.08 bits per heavy atom. The standard InChI is InChI=1S/C18H15ClN4O3/c1-2-22-17(25)15(16(24)20-13-6-4-3-5-7-13)21-23(18(22)26)14-10-8-12(19)9-11-14/h3-11H,2H2,1H3,(H,20,24). The molecule has 8 heteroatoms. The van der Waals surface area contributed by atoms with Gasteiger partial charge in [-0.1, -0.05) is 29.8 Å². The summed E-state index contributed by atoms with van der Waals surface area (Å²) in [4.78, 5) is 37.6. The van der Waals surface area contributed by atoms with Gasteiger partial charge in [-0.05, 0) is 43.3 Å². The number of carbonyl (C=O) groups is 1. The molecule has 0 aliphatic carbocycles. The minimum atomic E-state index is -0.740. The number of anilines is 1. The van der Waals surface area contributed by atoms with E-state index in [4.69, 9.17) is 11.6 Å². The largest absolute Gasteiger partial charge is 0.352 e. The van der Waals surface area contributed by atoms with E-state index in [9.17, 15) is 14.4 Å². The van der Waals surface area contributed by atoms with Crippen LogP contribution in [0.15, 0.2) is 64.2 Å². The van der Waals surface area contributed by atoms with Gasteiger partial charge in [0.2, 0.25) is 5.69 Å². The average molecular weight is 371 g/mol. The first-order valence-electron chi connectivity index (χ1n) is 7.87. The minimum Gasteiger partial charge on any atom is -0.320 e. The molecule has 0 aliphatic rings. The van der Waals surface area contributed by atoms with Crippen molar-refractivity contribution < 1.29 is 4.79 Å². The third-order valence-corrected chi connectivity index (χ3v) is 3.95. The molecule has 7 nitrogen and oxygen atoms in total. The molecule has 1 aromatic heterocycles.